The molecule has 24 heavy (non-hydrogen) atoms. The minimum absolute atomic E-state index is 0.383. The Morgan fingerprint density at radius 1 is 1.04 bits per heavy atom. The lowest BCUT2D eigenvalue weighted by Crippen LogP contribution is -2.47. The van der Waals surface area contributed by atoms with Gasteiger partial charge in [0.05, 0.1) is 6.33 Å². The average molecular weight is 321 g/mol. The average Bonchev–Trinajstić information content (AvgIpc) is 3.03. The van der Waals surface area contributed by atoms with Gasteiger partial charge in [0.2, 0.25) is 5.95 Å². The van der Waals surface area contributed by atoms with Gasteiger partial charge in [-0.05, 0) is 6.07 Å². The largest absolute Gasteiger partial charge is 0.351 e. The van der Waals surface area contributed by atoms with Gasteiger partial charge in [0, 0.05) is 39.4 Å². The van der Waals surface area contributed by atoms with E-state index >= 15 is 0 Å². The van der Waals surface area contributed by atoms with Crippen LogP contribution in [0.1, 0.15) is 5.69 Å². The van der Waals surface area contributed by atoms with Crippen LogP contribution < -0.4 is 9.80 Å². The van der Waals surface area contributed by atoms with Gasteiger partial charge in [-0.3, -0.25) is 0 Å². The Morgan fingerprint density at radius 2 is 1.83 bits per heavy atom. The molecule has 0 radical (unpaired) electrons. The topological polar surface area (TPSA) is 99.7 Å². The Balaban J connectivity index is 1.54. The van der Waals surface area contributed by atoms with Crippen LogP contribution in [0.4, 0.5) is 11.8 Å². The molecule has 1 aliphatic heterocycles. The molecule has 1 aliphatic rings. The number of nitrogens with zero attached hydrogens (tertiary/aromatic N) is 9. The second-order valence-electron chi connectivity index (χ2n) is 5.55. The Labute approximate surface area is 138 Å². The quantitative estimate of drug-likeness (QED) is 0.666. The number of piperazine rings is 1. The molecule has 0 bridgehead atoms. The molecule has 0 N–H and O–H groups in total. The molecular weight excluding hydrogens is 306 g/mol. The molecule has 1 fully saturated rings. The van der Waals surface area contributed by atoms with Crippen LogP contribution >= 0.6 is 0 Å². The maximum Gasteiger partial charge on any atom is 0.226 e. The molecule has 9 nitrogen and oxygen atoms in total. The van der Waals surface area contributed by atoms with Gasteiger partial charge in [-0.1, -0.05) is 0 Å². The number of rotatable bonds is 2. The van der Waals surface area contributed by atoms with Crippen LogP contribution in [0.2, 0.25) is 0 Å². The number of hydrogen-bond donors (Lipinski definition) is 0. The van der Waals surface area contributed by atoms with Gasteiger partial charge in [0.15, 0.2) is 17.0 Å². The maximum atomic E-state index is 8.96. The highest BCUT2D eigenvalue weighted by Crippen LogP contribution is 2.22. The van der Waals surface area contributed by atoms with E-state index in [1.165, 1.54) is 0 Å². The number of aromatic nitrogens is 6. The normalized spacial score (nSPS) is 14.8. The number of hydrogen-bond acceptors (Lipinski definition) is 8. The van der Waals surface area contributed by atoms with Crippen LogP contribution in [-0.2, 0) is 7.05 Å². The molecule has 4 rings (SSSR count). The van der Waals surface area contributed by atoms with Crippen molar-refractivity contribution in [1.82, 2.24) is 29.5 Å². The van der Waals surface area contributed by atoms with Crippen molar-refractivity contribution in [3.05, 3.63) is 30.6 Å². The summed E-state index contributed by atoms with van der Waals surface area (Å²) in [5.41, 5.74) is 2.03. The van der Waals surface area contributed by atoms with Crippen molar-refractivity contribution in [2.75, 3.05) is 36.0 Å². The van der Waals surface area contributed by atoms with Crippen molar-refractivity contribution < 1.29 is 0 Å². The molecule has 120 valence electrons. The van der Waals surface area contributed by atoms with Crippen LogP contribution in [0.15, 0.2) is 24.9 Å². The number of aryl methyl sites for hydroxylation is 1. The second-order valence-corrected chi connectivity index (χ2v) is 5.55. The smallest absolute Gasteiger partial charge is 0.226 e. The predicted octanol–water partition coefficient (Wildman–Crippen LogP) is 0.352. The van der Waals surface area contributed by atoms with E-state index in [4.69, 9.17) is 5.26 Å². The van der Waals surface area contributed by atoms with Crippen LogP contribution in [0, 0.1) is 11.3 Å². The van der Waals surface area contributed by atoms with Gasteiger partial charge in [0.25, 0.3) is 0 Å². The van der Waals surface area contributed by atoms with Crippen LogP contribution in [0.5, 0.6) is 0 Å². The van der Waals surface area contributed by atoms with E-state index in [1.54, 1.807) is 24.9 Å². The fourth-order valence-corrected chi connectivity index (χ4v) is 2.85. The maximum absolute atomic E-state index is 8.96. The lowest BCUT2D eigenvalue weighted by atomic mass is 10.3. The molecule has 0 aromatic carbocycles. The highest BCUT2D eigenvalue weighted by atomic mass is 15.3. The van der Waals surface area contributed by atoms with E-state index in [0.29, 0.717) is 11.6 Å². The molecule has 0 spiro atoms. The summed E-state index contributed by atoms with van der Waals surface area (Å²) in [6.45, 7) is 3.08. The third kappa shape index (κ3) is 2.38. The van der Waals surface area contributed by atoms with Gasteiger partial charge in [0.1, 0.15) is 18.1 Å². The molecule has 3 aromatic heterocycles. The van der Waals surface area contributed by atoms with Crippen molar-refractivity contribution in [3.8, 4) is 6.07 Å². The van der Waals surface area contributed by atoms with Crippen molar-refractivity contribution in [1.29, 1.82) is 5.26 Å². The van der Waals surface area contributed by atoms with E-state index < -0.39 is 0 Å². The summed E-state index contributed by atoms with van der Waals surface area (Å²) in [6, 6.07) is 3.66. The second kappa shape index (κ2) is 5.73. The third-order valence-corrected chi connectivity index (χ3v) is 4.10. The summed E-state index contributed by atoms with van der Waals surface area (Å²) in [5.74, 6) is 1.45. The summed E-state index contributed by atoms with van der Waals surface area (Å²) in [4.78, 5) is 25.9. The van der Waals surface area contributed by atoms with Crippen molar-refractivity contribution in [2.45, 2.75) is 0 Å². The summed E-state index contributed by atoms with van der Waals surface area (Å²) in [6.07, 6.45) is 4.95. The fourth-order valence-electron chi connectivity index (χ4n) is 2.85. The lowest BCUT2D eigenvalue weighted by Gasteiger charge is -2.35. The van der Waals surface area contributed by atoms with Gasteiger partial charge >= 0.3 is 0 Å². The SMILES string of the molecule is Cn1cnc2c(N3CCN(c4nccc(C#N)n4)CC3)ncnc21. The summed E-state index contributed by atoms with van der Waals surface area (Å²) >= 11 is 0. The predicted molar refractivity (Wildman–Crippen MR) is 87.5 cm³/mol. The van der Waals surface area contributed by atoms with Crippen LogP contribution in [0.25, 0.3) is 11.2 Å². The minimum Gasteiger partial charge on any atom is -0.351 e. The molecule has 0 saturated carbocycles. The zero-order valence-electron chi connectivity index (χ0n) is 13.2. The number of fused-ring (bicyclic) bond motifs is 1. The summed E-state index contributed by atoms with van der Waals surface area (Å²) in [5, 5.41) is 8.96. The standard InChI is InChI=1S/C15H15N9/c1-22-10-20-12-13(22)18-9-19-14(12)23-4-6-24(7-5-23)15-17-3-2-11(8-16)21-15/h2-3,9-10H,4-7H2,1H3. The zero-order chi connectivity index (χ0) is 16.5. The molecule has 0 atom stereocenters. The fraction of sp³-hybridized carbons (Fsp3) is 0.333. The van der Waals surface area contributed by atoms with E-state index in [0.717, 1.165) is 43.2 Å². The monoisotopic (exact) mass is 321 g/mol. The van der Waals surface area contributed by atoms with Gasteiger partial charge in [-0.25, -0.2) is 24.9 Å². The van der Waals surface area contributed by atoms with Crippen molar-refractivity contribution >= 4 is 22.9 Å². The minimum atomic E-state index is 0.383. The first-order chi connectivity index (χ1) is 11.8. The summed E-state index contributed by atoms with van der Waals surface area (Å²) in [7, 11) is 1.92. The molecular formula is C15H15N9. The van der Waals surface area contributed by atoms with Gasteiger partial charge < -0.3 is 14.4 Å². The highest BCUT2D eigenvalue weighted by Gasteiger charge is 2.22. The Hall–Kier alpha value is -3.28. The number of nitriles is 1. The van der Waals surface area contributed by atoms with Crippen LogP contribution in [-0.4, -0.2) is 55.7 Å². The van der Waals surface area contributed by atoms with E-state index in [9.17, 15) is 0 Å². The van der Waals surface area contributed by atoms with E-state index in [1.807, 2.05) is 17.7 Å². The van der Waals surface area contributed by atoms with Crippen LogP contribution in [0.3, 0.4) is 0 Å². The molecule has 0 amide bonds. The van der Waals surface area contributed by atoms with E-state index in [-0.39, 0.29) is 0 Å². The summed E-state index contributed by atoms with van der Waals surface area (Å²) < 4.78 is 1.89. The van der Waals surface area contributed by atoms with Crippen molar-refractivity contribution in [3.63, 3.8) is 0 Å². The molecule has 0 aliphatic carbocycles. The third-order valence-electron chi connectivity index (χ3n) is 4.10. The van der Waals surface area contributed by atoms with Gasteiger partial charge in [-0.2, -0.15) is 5.26 Å². The van der Waals surface area contributed by atoms with Crippen molar-refractivity contribution in [2.24, 2.45) is 7.05 Å². The van der Waals surface area contributed by atoms with E-state index in [2.05, 4.69) is 34.7 Å². The first-order valence-corrected chi connectivity index (χ1v) is 7.61. The first-order valence-electron chi connectivity index (χ1n) is 7.61. The Morgan fingerprint density at radius 3 is 2.62 bits per heavy atom. The molecule has 1 saturated heterocycles. The molecule has 9 heteroatoms. The highest BCUT2D eigenvalue weighted by molar-refractivity contribution is 5.83. The molecule has 3 aromatic rings. The first kappa shape index (κ1) is 14.3. The number of anilines is 2. The number of imidazole rings is 1. The Kier molecular flexibility index (Phi) is 3.42. The molecule has 0 unspecified atom stereocenters. The zero-order valence-corrected chi connectivity index (χ0v) is 13.2. The van der Waals surface area contributed by atoms with Gasteiger partial charge in [-0.15, -0.1) is 0 Å². The molecule has 4 heterocycles. The lowest BCUT2D eigenvalue weighted by molar-refractivity contribution is 0.635. The Bertz CT molecular complexity index is 918.